The molecule has 3 heterocycles. The maximum absolute atomic E-state index is 12.9. The molecule has 2 aromatic heterocycles. The highest BCUT2D eigenvalue weighted by Gasteiger charge is 2.35. The predicted octanol–water partition coefficient (Wildman–Crippen LogP) is 3.65. The molecule has 0 N–H and O–H groups in total. The molecule has 0 spiro atoms. The first-order valence-electron chi connectivity index (χ1n) is 9.81. The van der Waals surface area contributed by atoms with Crippen LogP contribution in [-0.4, -0.2) is 32.9 Å². The molecule has 26 heavy (non-hydrogen) atoms. The molecule has 1 saturated heterocycles. The van der Waals surface area contributed by atoms with Gasteiger partial charge in [-0.2, -0.15) is 0 Å². The van der Waals surface area contributed by atoms with Crippen molar-refractivity contribution in [2.24, 2.45) is 5.92 Å². The van der Waals surface area contributed by atoms with Gasteiger partial charge in [-0.1, -0.05) is 12.8 Å². The third-order valence-electron chi connectivity index (χ3n) is 6.29. The summed E-state index contributed by atoms with van der Waals surface area (Å²) in [4.78, 5) is 34.1. The first-order valence-corrected chi connectivity index (χ1v) is 10.6. The topological polar surface area (TPSA) is 55.2 Å². The summed E-state index contributed by atoms with van der Waals surface area (Å²) in [5.74, 6) is 0.894. The van der Waals surface area contributed by atoms with Gasteiger partial charge in [0, 0.05) is 30.4 Å². The van der Waals surface area contributed by atoms with Crippen LogP contribution in [0.15, 0.2) is 11.1 Å². The molecule has 2 atom stereocenters. The number of aromatic nitrogens is 2. The maximum Gasteiger partial charge on any atom is 0.262 e. The van der Waals surface area contributed by atoms with E-state index >= 15 is 0 Å². The zero-order valence-corrected chi connectivity index (χ0v) is 16.5. The molecule has 2 fully saturated rings. The third-order valence-corrected chi connectivity index (χ3v) is 7.40. The minimum absolute atomic E-state index is 0.0150. The van der Waals surface area contributed by atoms with Crippen molar-refractivity contribution in [3.63, 3.8) is 0 Å². The predicted molar refractivity (Wildman–Crippen MR) is 105 cm³/mol. The van der Waals surface area contributed by atoms with Gasteiger partial charge >= 0.3 is 0 Å². The van der Waals surface area contributed by atoms with Crippen molar-refractivity contribution in [1.29, 1.82) is 0 Å². The van der Waals surface area contributed by atoms with E-state index < -0.39 is 0 Å². The Bertz CT molecular complexity index is 883. The average Bonchev–Trinajstić information content (AvgIpc) is 2.95. The lowest BCUT2D eigenvalue weighted by Gasteiger charge is -2.44. The van der Waals surface area contributed by atoms with Gasteiger partial charge in [-0.05, 0) is 51.0 Å². The van der Waals surface area contributed by atoms with Crippen molar-refractivity contribution in [2.45, 2.75) is 71.4 Å². The highest BCUT2D eigenvalue weighted by molar-refractivity contribution is 7.18. The summed E-state index contributed by atoms with van der Waals surface area (Å²) in [6.45, 7) is 5.30. The molecule has 0 bridgehead atoms. The highest BCUT2D eigenvalue weighted by atomic mass is 32.1. The minimum Gasteiger partial charge on any atom is -0.339 e. The number of carbonyl (C=O) groups excluding carboxylic acids is 1. The first kappa shape index (κ1) is 17.7. The van der Waals surface area contributed by atoms with Crippen LogP contribution >= 0.6 is 11.3 Å². The molecule has 2 aromatic rings. The van der Waals surface area contributed by atoms with Crippen molar-refractivity contribution >= 4 is 27.5 Å². The lowest BCUT2D eigenvalue weighted by molar-refractivity contribution is -0.137. The van der Waals surface area contributed by atoms with E-state index in [1.807, 2.05) is 13.8 Å². The Labute approximate surface area is 158 Å². The maximum atomic E-state index is 12.9. The zero-order valence-electron chi connectivity index (χ0n) is 15.7. The summed E-state index contributed by atoms with van der Waals surface area (Å²) in [6.07, 6.45) is 9.35. The van der Waals surface area contributed by atoms with Gasteiger partial charge in [0.25, 0.3) is 5.56 Å². The van der Waals surface area contributed by atoms with Crippen LogP contribution in [0.4, 0.5) is 0 Å². The van der Waals surface area contributed by atoms with Gasteiger partial charge in [-0.15, -0.1) is 11.3 Å². The van der Waals surface area contributed by atoms with E-state index in [2.05, 4.69) is 9.88 Å². The highest BCUT2D eigenvalue weighted by Crippen LogP contribution is 2.35. The number of thiophene rings is 1. The molecule has 2 unspecified atom stereocenters. The summed E-state index contributed by atoms with van der Waals surface area (Å²) in [6, 6.07) is 0.434. The molecular weight excluding hydrogens is 346 g/mol. The van der Waals surface area contributed by atoms with Crippen LogP contribution in [0.5, 0.6) is 0 Å². The van der Waals surface area contributed by atoms with E-state index in [4.69, 9.17) is 0 Å². The summed E-state index contributed by atoms with van der Waals surface area (Å²) in [5.41, 5.74) is 1.00. The van der Waals surface area contributed by atoms with Crippen LogP contribution in [0, 0.1) is 19.8 Å². The number of hydrogen-bond donors (Lipinski definition) is 0. The molecule has 0 radical (unpaired) electrons. The van der Waals surface area contributed by atoms with Crippen molar-refractivity contribution < 1.29 is 4.79 Å². The molecule has 0 aromatic carbocycles. The van der Waals surface area contributed by atoms with Crippen LogP contribution < -0.4 is 5.56 Å². The first-order chi connectivity index (χ1) is 12.6. The summed E-state index contributed by atoms with van der Waals surface area (Å²) in [7, 11) is 0. The van der Waals surface area contributed by atoms with Gasteiger partial charge < -0.3 is 4.90 Å². The number of amides is 1. The molecule has 1 aliphatic heterocycles. The molecule has 4 rings (SSSR count). The Morgan fingerprint density at radius 3 is 2.85 bits per heavy atom. The molecule has 1 amide bonds. The minimum atomic E-state index is -0.0150. The smallest absolute Gasteiger partial charge is 0.262 e. The van der Waals surface area contributed by atoms with Crippen LogP contribution in [0.25, 0.3) is 10.2 Å². The summed E-state index contributed by atoms with van der Waals surface area (Å²) >= 11 is 1.56. The quantitative estimate of drug-likeness (QED) is 0.825. The monoisotopic (exact) mass is 373 g/mol. The lowest BCUT2D eigenvalue weighted by atomic mass is 9.78. The Morgan fingerprint density at radius 1 is 1.23 bits per heavy atom. The normalized spacial score (nSPS) is 23.2. The molecule has 1 saturated carbocycles. The molecule has 140 valence electrons. The van der Waals surface area contributed by atoms with Crippen molar-refractivity contribution in [3.05, 3.63) is 27.1 Å². The second-order valence-electron chi connectivity index (χ2n) is 7.80. The van der Waals surface area contributed by atoms with Gasteiger partial charge in [0.2, 0.25) is 5.91 Å². The van der Waals surface area contributed by atoms with Crippen LogP contribution in [0.1, 0.15) is 55.4 Å². The van der Waals surface area contributed by atoms with Gasteiger partial charge in [-0.3, -0.25) is 14.2 Å². The third kappa shape index (κ3) is 3.08. The van der Waals surface area contributed by atoms with Crippen molar-refractivity contribution in [2.75, 3.05) is 6.54 Å². The number of hydrogen-bond acceptors (Lipinski definition) is 4. The van der Waals surface area contributed by atoms with Crippen molar-refractivity contribution in [3.8, 4) is 0 Å². The largest absolute Gasteiger partial charge is 0.339 e. The van der Waals surface area contributed by atoms with Crippen LogP contribution in [0.2, 0.25) is 0 Å². The molecule has 5 nitrogen and oxygen atoms in total. The van der Waals surface area contributed by atoms with Crippen molar-refractivity contribution in [1.82, 2.24) is 14.5 Å². The second-order valence-corrected chi connectivity index (χ2v) is 9.00. The number of likely N-dealkylation sites (tertiary alicyclic amines) is 1. The Balaban J connectivity index is 1.49. The average molecular weight is 374 g/mol. The van der Waals surface area contributed by atoms with E-state index in [0.717, 1.165) is 34.7 Å². The number of rotatable bonds is 3. The standard InChI is InChI=1S/C20H27N3O2S/c1-13-14(2)26-19-18(13)20(25)22(12-21-19)11-9-17(24)23-10-5-7-15-6-3-4-8-16(15)23/h12,15-16H,3-11H2,1-2H3. The lowest BCUT2D eigenvalue weighted by Crippen LogP contribution is -2.49. The number of fused-ring (bicyclic) bond motifs is 2. The Morgan fingerprint density at radius 2 is 2.00 bits per heavy atom. The van der Waals surface area contributed by atoms with Gasteiger partial charge in [0.05, 0.1) is 11.7 Å². The zero-order chi connectivity index (χ0) is 18.3. The van der Waals surface area contributed by atoms with Gasteiger partial charge in [0.1, 0.15) is 4.83 Å². The number of piperidine rings is 1. The number of nitrogens with zero attached hydrogens (tertiary/aromatic N) is 3. The van der Waals surface area contributed by atoms with E-state index in [-0.39, 0.29) is 11.5 Å². The molecular formula is C20H27N3O2S. The number of aryl methyl sites for hydroxylation is 3. The molecule has 2 aliphatic rings. The summed E-state index contributed by atoms with van der Waals surface area (Å²) < 4.78 is 1.61. The fourth-order valence-corrected chi connectivity index (χ4v) is 5.71. The number of carbonyl (C=O) groups is 1. The van der Waals surface area contributed by atoms with Gasteiger partial charge in [0.15, 0.2) is 0 Å². The fourth-order valence-electron chi connectivity index (χ4n) is 4.72. The SMILES string of the molecule is Cc1sc2ncn(CCC(=O)N3CCCC4CCCCC43)c(=O)c2c1C. The second kappa shape index (κ2) is 7.14. The molecule has 1 aliphatic carbocycles. The van der Waals surface area contributed by atoms with Crippen LogP contribution in [0.3, 0.4) is 0 Å². The van der Waals surface area contributed by atoms with E-state index in [1.165, 1.54) is 25.7 Å². The summed E-state index contributed by atoms with van der Waals surface area (Å²) in [5, 5.41) is 0.716. The Kier molecular flexibility index (Phi) is 4.86. The van der Waals surface area contributed by atoms with Crippen LogP contribution in [-0.2, 0) is 11.3 Å². The van der Waals surface area contributed by atoms with E-state index in [9.17, 15) is 9.59 Å². The molecule has 6 heteroatoms. The van der Waals surface area contributed by atoms with E-state index in [1.54, 1.807) is 22.2 Å². The van der Waals surface area contributed by atoms with Gasteiger partial charge in [-0.25, -0.2) is 4.98 Å². The fraction of sp³-hybridized carbons (Fsp3) is 0.650. The van der Waals surface area contributed by atoms with E-state index in [0.29, 0.717) is 30.3 Å². The Hall–Kier alpha value is -1.69.